The molecule has 1 N–H and O–H groups in total. The zero-order valence-corrected chi connectivity index (χ0v) is 12.6. The number of nitrogens with zero attached hydrogens (tertiary/aromatic N) is 1. The fourth-order valence-corrected chi connectivity index (χ4v) is 3.75. The van der Waals surface area contributed by atoms with E-state index < -0.39 is 0 Å². The van der Waals surface area contributed by atoms with Crippen LogP contribution in [0.1, 0.15) is 47.2 Å². The Morgan fingerprint density at radius 3 is 2.45 bits per heavy atom. The molecule has 1 amide bonds. The van der Waals surface area contributed by atoms with Gasteiger partial charge in [-0.3, -0.25) is 4.79 Å². The minimum atomic E-state index is 0.175. The summed E-state index contributed by atoms with van der Waals surface area (Å²) >= 11 is 0. The summed E-state index contributed by atoms with van der Waals surface area (Å²) in [7, 11) is 1.97. The Labute approximate surface area is 121 Å². The minimum absolute atomic E-state index is 0.175. The van der Waals surface area contributed by atoms with Crippen LogP contribution in [0.4, 0.5) is 0 Å². The van der Waals surface area contributed by atoms with Crippen molar-refractivity contribution in [3.8, 4) is 0 Å². The Kier molecular flexibility index (Phi) is 3.55. The SMILES string of the molecule is Cc1ccc(C(=O)N(C)C2CC3CCC(C2)N3)c(C)c1. The molecule has 2 fully saturated rings. The van der Waals surface area contributed by atoms with E-state index in [2.05, 4.69) is 18.3 Å². The summed E-state index contributed by atoms with van der Waals surface area (Å²) < 4.78 is 0. The molecule has 2 bridgehead atoms. The van der Waals surface area contributed by atoms with Crippen LogP contribution in [0.25, 0.3) is 0 Å². The predicted molar refractivity (Wildman–Crippen MR) is 81.0 cm³/mol. The van der Waals surface area contributed by atoms with E-state index >= 15 is 0 Å². The molecule has 3 rings (SSSR count). The van der Waals surface area contributed by atoms with Gasteiger partial charge in [-0.25, -0.2) is 0 Å². The van der Waals surface area contributed by atoms with Crippen LogP contribution in [0.5, 0.6) is 0 Å². The molecule has 0 aromatic heterocycles. The lowest BCUT2D eigenvalue weighted by molar-refractivity contribution is 0.0681. The van der Waals surface area contributed by atoms with E-state index in [1.165, 1.54) is 18.4 Å². The zero-order chi connectivity index (χ0) is 14.3. The number of benzene rings is 1. The van der Waals surface area contributed by atoms with Crippen molar-refractivity contribution in [2.75, 3.05) is 7.05 Å². The third-order valence-electron chi connectivity index (χ3n) is 4.93. The summed E-state index contributed by atoms with van der Waals surface area (Å²) in [5, 5.41) is 3.63. The second-order valence-corrected chi connectivity index (χ2v) is 6.50. The lowest BCUT2D eigenvalue weighted by Crippen LogP contribution is -2.48. The highest BCUT2D eigenvalue weighted by Crippen LogP contribution is 2.30. The van der Waals surface area contributed by atoms with Crippen molar-refractivity contribution >= 4 is 5.91 Å². The number of fused-ring (bicyclic) bond motifs is 2. The molecule has 3 nitrogen and oxygen atoms in total. The normalized spacial score (nSPS) is 28.4. The number of rotatable bonds is 2. The summed E-state index contributed by atoms with van der Waals surface area (Å²) in [6.07, 6.45) is 4.74. The largest absolute Gasteiger partial charge is 0.339 e. The van der Waals surface area contributed by atoms with Crippen molar-refractivity contribution in [3.05, 3.63) is 34.9 Å². The molecular formula is C17H24N2O. The van der Waals surface area contributed by atoms with Crippen LogP contribution < -0.4 is 5.32 Å². The van der Waals surface area contributed by atoms with E-state index in [4.69, 9.17) is 0 Å². The van der Waals surface area contributed by atoms with Gasteiger partial charge in [-0.15, -0.1) is 0 Å². The molecule has 2 aliphatic heterocycles. The summed E-state index contributed by atoms with van der Waals surface area (Å²) in [6, 6.07) is 7.72. The third kappa shape index (κ3) is 2.47. The highest BCUT2D eigenvalue weighted by molar-refractivity contribution is 5.95. The summed E-state index contributed by atoms with van der Waals surface area (Å²) in [6.45, 7) is 4.09. The molecule has 2 atom stereocenters. The molecular weight excluding hydrogens is 248 g/mol. The number of amides is 1. The van der Waals surface area contributed by atoms with Gasteiger partial charge in [-0.2, -0.15) is 0 Å². The van der Waals surface area contributed by atoms with E-state index in [-0.39, 0.29) is 5.91 Å². The number of carbonyl (C=O) groups is 1. The Morgan fingerprint density at radius 2 is 1.85 bits per heavy atom. The van der Waals surface area contributed by atoms with Gasteiger partial charge < -0.3 is 10.2 Å². The van der Waals surface area contributed by atoms with Crippen LogP contribution in [0.15, 0.2) is 18.2 Å². The van der Waals surface area contributed by atoms with E-state index in [1.54, 1.807) is 0 Å². The van der Waals surface area contributed by atoms with Crippen LogP contribution in [0.2, 0.25) is 0 Å². The topological polar surface area (TPSA) is 32.3 Å². The third-order valence-corrected chi connectivity index (χ3v) is 4.93. The fourth-order valence-electron chi connectivity index (χ4n) is 3.75. The van der Waals surface area contributed by atoms with Gasteiger partial charge in [0.1, 0.15) is 0 Å². The van der Waals surface area contributed by atoms with Crippen molar-refractivity contribution in [2.45, 2.75) is 57.7 Å². The second kappa shape index (κ2) is 5.21. The highest BCUT2D eigenvalue weighted by Gasteiger charge is 2.36. The molecule has 2 unspecified atom stereocenters. The number of hydrogen-bond donors (Lipinski definition) is 1. The zero-order valence-electron chi connectivity index (χ0n) is 12.6. The second-order valence-electron chi connectivity index (χ2n) is 6.50. The van der Waals surface area contributed by atoms with E-state index in [9.17, 15) is 4.79 Å². The maximum absolute atomic E-state index is 12.7. The Hall–Kier alpha value is -1.35. The first kappa shape index (κ1) is 13.6. The molecule has 0 aliphatic carbocycles. The Bertz CT molecular complexity index is 514. The van der Waals surface area contributed by atoms with Crippen LogP contribution in [0, 0.1) is 13.8 Å². The molecule has 2 saturated heterocycles. The van der Waals surface area contributed by atoms with Gasteiger partial charge in [0, 0.05) is 30.7 Å². The van der Waals surface area contributed by atoms with Gasteiger partial charge in [-0.05, 0) is 51.2 Å². The molecule has 2 heterocycles. The fraction of sp³-hybridized carbons (Fsp3) is 0.588. The van der Waals surface area contributed by atoms with E-state index in [0.717, 1.165) is 24.0 Å². The van der Waals surface area contributed by atoms with Crippen molar-refractivity contribution in [1.29, 1.82) is 0 Å². The first-order chi connectivity index (χ1) is 9.54. The summed E-state index contributed by atoms with van der Waals surface area (Å²) in [5.41, 5.74) is 3.14. The lowest BCUT2D eigenvalue weighted by Gasteiger charge is -2.35. The lowest BCUT2D eigenvalue weighted by atomic mass is 9.97. The van der Waals surface area contributed by atoms with Crippen LogP contribution >= 0.6 is 0 Å². The van der Waals surface area contributed by atoms with Crippen molar-refractivity contribution in [2.24, 2.45) is 0 Å². The van der Waals surface area contributed by atoms with Gasteiger partial charge >= 0.3 is 0 Å². The molecule has 108 valence electrons. The van der Waals surface area contributed by atoms with Gasteiger partial charge in [0.2, 0.25) is 0 Å². The first-order valence-corrected chi connectivity index (χ1v) is 7.65. The van der Waals surface area contributed by atoms with E-state index in [0.29, 0.717) is 18.1 Å². The van der Waals surface area contributed by atoms with Crippen LogP contribution in [-0.2, 0) is 0 Å². The maximum Gasteiger partial charge on any atom is 0.254 e. The average molecular weight is 272 g/mol. The molecule has 0 spiro atoms. The van der Waals surface area contributed by atoms with Gasteiger partial charge in [-0.1, -0.05) is 17.7 Å². The molecule has 20 heavy (non-hydrogen) atoms. The number of carbonyl (C=O) groups excluding carboxylic acids is 1. The minimum Gasteiger partial charge on any atom is -0.339 e. The molecule has 0 radical (unpaired) electrons. The van der Waals surface area contributed by atoms with Gasteiger partial charge in [0.05, 0.1) is 0 Å². The van der Waals surface area contributed by atoms with Crippen molar-refractivity contribution < 1.29 is 4.79 Å². The molecule has 1 aromatic rings. The Balaban J connectivity index is 1.76. The molecule has 3 heteroatoms. The highest BCUT2D eigenvalue weighted by atomic mass is 16.2. The Morgan fingerprint density at radius 1 is 1.20 bits per heavy atom. The molecule has 2 aliphatic rings. The molecule has 1 aromatic carbocycles. The van der Waals surface area contributed by atoms with E-state index in [1.807, 2.05) is 31.0 Å². The van der Waals surface area contributed by atoms with Crippen molar-refractivity contribution in [3.63, 3.8) is 0 Å². The number of piperidine rings is 1. The standard InChI is InChI=1S/C17H24N2O/c1-11-4-7-16(12(2)8-11)17(20)19(3)15-9-13-5-6-14(10-15)18-13/h4,7-8,13-15,18H,5-6,9-10H2,1-3H3. The quantitative estimate of drug-likeness (QED) is 0.897. The van der Waals surface area contributed by atoms with Crippen LogP contribution in [-0.4, -0.2) is 36.0 Å². The average Bonchev–Trinajstić information content (AvgIpc) is 2.76. The number of hydrogen-bond acceptors (Lipinski definition) is 2. The smallest absolute Gasteiger partial charge is 0.254 e. The van der Waals surface area contributed by atoms with Crippen molar-refractivity contribution in [1.82, 2.24) is 10.2 Å². The van der Waals surface area contributed by atoms with Gasteiger partial charge in [0.15, 0.2) is 0 Å². The number of nitrogens with one attached hydrogen (secondary N) is 1. The van der Waals surface area contributed by atoms with Gasteiger partial charge in [0.25, 0.3) is 5.91 Å². The number of aryl methyl sites for hydroxylation is 2. The summed E-state index contributed by atoms with van der Waals surface area (Å²) in [4.78, 5) is 14.7. The summed E-state index contributed by atoms with van der Waals surface area (Å²) in [5.74, 6) is 0.175. The molecule has 0 saturated carbocycles. The maximum atomic E-state index is 12.7. The first-order valence-electron chi connectivity index (χ1n) is 7.65. The monoisotopic (exact) mass is 272 g/mol. The van der Waals surface area contributed by atoms with Crippen LogP contribution in [0.3, 0.4) is 0 Å². The predicted octanol–water partition coefficient (Wildman–Crippen LogP) is 2.66.